The van der Waals surface area contributed by atoms with Crippen molar-refractivity contribution >= 4 is 22.9 Å². The first-order chi connectivity index (χ1) is 12.0. The molecule has 3 rings (SSSR count). The topological polar surface area (TPSA) is 84.6 Å². The van der Waals surface area contributed by atoms with Gasteiger partial charge >= 0.3 is 0 Å². The van der Waals surface area contributed by atoms with Crippen molar-refractivity contribution in [2.24, 2.45) is 0 Å². The van der Waals surface area contributed by atoms with Crippen LogP contribution in [0.25, 0.3) is 5.65 Å². The number of nitrogens with one attached hydrogen (secondary N) is 1. The van der Waals surface area contributed by atoms with Gasteiger partial charge in [-0.15, -0.1) is 10.2 Å². The van der Waals surface area contributed by atoms with Gasteiger partial charge in [0, 0.05) is 12.1 Å². The van der Waals surface area contributed by atoms with Gasteiger partial charge in [0.05, 0.1) is 16.4 Å². The molecule has 1 aromatic carbocycles. The molecular formula is C16H17ClFN5O2. The number of fused-ring (bicyclic) bond motifs is 1. The fourth-order valence-electron chi connectivity index (χ4n) is 2.30. The van der Waals surface area contributed by atoms with E-state index in [1.165, 1.54) is 18.5 Å². The number of nitrogens with zero attached hydrogens (tertiary/aromatic N) is 4. The minimum absolute atomic E-state index is 0.00480. The maximum absolute atomic E-state index is 13.4. The Hall–Kier alpha value is -2.45. The molecule has 9 heteroatoms. The second kappa shape index (κ2) is 7.20. The monoisotopic (exact) mass is 365 g/mol. The van der Waals surface area contributed by atoms with Gasteiger partial charge in [0.15, 0.2) is 0 Å². The summed E-state index contributed by atoms with van der Waals surface area (Å²) in [6.07, 6.45) is 0.698. The molecule has 2 N–H and O–H groups in total. The van der Waals surface area contributed by atoms with Gasteiger partial charge in [0.1, 0.15) is 30.6 Å². The summed E-state index contributed by atoms with van der Waals surface area (Å²) in [5, 5.41) is 25.5. The third-order valence-corrected chi connectivity index (χ3v) is 4.10. The first kappa shape index (κ1) is 17.4. The van der Waals surface area contributed by atoms with E-state index in [4.69, 9.17) is 16.3 Å². The summed E-state index contributed by atoms with van der Waals surface area (Å²) in [5.41, 5.74) is 2.37. The van der Waals surface area contributed by atoms with Gasteiger partial charge in [0.2, 0.25) is 5.65 Å². The van der Waals surface area contributed by atoms with Gasteiger partial charge in [-0.3, -0.25) is 0 Å². The summed E-state index contributed by atoms with van der Waals surface area (Å²) in [5.74, 6) is -0.0656. The van der Waals surface area contributed by atoms with Crippen LogP contribution in [0.4, 0.5) is 10.1 Å². The zero-order valence-corrected chi connectivity index (χ0v) is 14.5. The maximum atomic E-state index is 13.4. The van der Waals surface area contributed by atoms with Crippen molar-refractivity contribution in [1.82, 2.24) is 19.8 Å². The molecule has 0 spiro atoms. The highest BCUT2D eigenvalue weighted by Crippen LogP contribution is 2.29. The lowest BCUT2D eigenvalue weighted by Gasteiger charge is -2.15. The summed E-state index contributed by atoms with van der Waals surface area (Å²) in [6.45, 7) is 3.65. The van der Waals surface area contributed by atoms with E-state index >= 15 is 0 Å². The molecule has 0 bridgehead atoms. The Labute approximate surface area is 148 Å². The minimum atomic E-state index is -0.808. The number of aliphatic hydroxyl groups excluding tert-OH is 1. The largest absolute Gasteiger partial charge is 0.489 e. The standard InChI is InChI=1S/C16H17ClFN5O2/c1-9-5-13(16-21-20-8-23(16)22-9)19-6-11(24)7-25-14-4-3-12(18)10(2)15(14)17/h3-5,8,11,19,24H,6-7H2,1-2H3/t11-/m1/s1. The number of rotatable bonds is 6. The van der Waals surface area contributed by atoms with E-state index in [-0.39, 0.29) is 18.2 Å². The molecule has 7 nitrogen and oxygen atoms in total. The highest BCUT2D eigenvalue weighted by molar-refractivity contribution is 6.32. The van der Waals surface area contributed by atoms with Gasteiger partial charge in [0.25, 0.3) is 0 Å². The predicted molar refractivity (Wildman–Crippen MR) is 91.7 cm³/mol. The molecule has 0 aliphatic heterocycles. The summed E-state index contributed by atoms with van der Waals surface area (Å²) < 4.78 is 20.4. The molecule has 0 amide bonds. The number of hydrogen-bond donors (Lipinski definition) is 2. The van der Waals surface area contributed by atoms with E-state index in [0.717, 1.165) is 5.69 Å². The van der Waals surface area contributed by atoms with E-state index < -0.39 is 11.9 Å². The summed E-state index contributed by atoms with van der Waals surface area (Å²) in [4.78, 5) is 0. The fraction of sp³-hybridized carbons (Fsp3) is 0.312. The van der Waals surface area contributed by atoms with Crippen molar-refractivity contribution in [3.05, 3.63) is 46.6 Å². The minimum Gasteiger partial charge on any atom is -0.489 e. The number of benzene rings is 1. The van der Waals surface area contributed by atoms with Crippen molar-refractivity contribution < 1.29 is 14.2 Å². The maximum Gasteiger partial charge on any atom is 0.200 e. The van der Waals surface area contributed by atoms with Crippen LogP contribution in [0.5, 0.6) is 5.75 Å². The molecule has 3 aromatic rings. The van der Waals surface area contributed by atoms with Crippen molar-refractivity contribution in [3.63, 3.8) is 0 Å². The molecule has 0 aliphatic rings. The zero-order valence-electron chi connectivity index (χ0n) is 13.7. The second-order valence-corrected chi connectivity index (χ2v) is 6.01. The molecule has 0 radical (unpaired) electrons. The molecule has 0 saturated heterocycles. The van der Waals surface area contributed by atoms with Gasteiger partial charge < -0.3 is 15.2 Å². The molecule has 0 fully saturated rings. The van der Waals surface area contributed by atoms with Gasteiger partial charge in [-0.2, -0.15) is 9.61 Å². The quantitative estimate of drug-likeness (QED) is 0.697. The SMILES string of the molecule is Cc1cc(NC[C@@H](O)COc2ccc(F)c(C)c2Cl)c2nncn2n1. The Balaban J connectivity index is 1.60. The van der Waals surface area contributed by atoms with E-state index in [2.05, 4.69) is 20.6 Å². The Morgan fingerprint density at radius 2 is 2.20 bits per heavy atom. The predicted octanol–water partition coefficient (Wildman–Crippen LogP) is 2.39. The summed E-state index contributed by atoms with van der Waals surface area (Å²) in [7, 11) is 0. The van der Waals surface area contributed by atoms with Gasteiger partial charge in [-0.05, 0) is 32.0 Å². The van der Waals surface area contributed by atoms with Crippen LogP contribution >= 0.6 is 11.6 Å². The smallest absolute Gasteiger partial charge is 0.200 e. The van der Waals surface area contributed by atoms with Crippen LogP contribution in [0.1, 0.15) is 11.3 Å². The normalized spacial score (nSPS) is 12.4. The van der Waals surface area contributed by atoms with Crippen LogP contribution in [0, 0.1) is 19.7 Å². The number of halogens is 2. The average molecular weight is 366 g/mol. The molecule has 2 heterocycles. The highest BCUT2D eigenvalue weighted by atomic mass is 35.5. The van der Waals surface area contributed by atoms with Crippen LogP contribution in [0.3, 0.4) is 0 Å². The molecule has 0 saturated carbocycles. The van der Waals surface area contributed by atoms with Crippen LogP contribution in [0.15, 0.2) is 24.5 Å². The molecule has 1 atom stereocenters. The first-order valence-electron chi connectivity index (χ1n) is 7.62. The molecular weight excluding hydrogens is 349 g/mol. The second-order valence-electron chi connectivity index (χ2n) is 5.63. The highest BCUT2D eigenvalue weighted by Gasteiger charge is 2.13. The van der Waals surface area contributed by atoms with Crippen LogP contribution < -0.4 is 10.1 Å². The van der Waals surface area contributed by atoms with Crippen LogP contribution in [-0.4, -0.2) is 44.2 Å². The summed E-state index contributed by atoms with van der Waals surface area (Å²) in [6, 6.07) is 4.54. The Bertz CT molecular complexity index is 902. The number of anilines is 1. The number of aromatic nitrogens is 4. The Morgan fingerprint density at radius 3 is 3.00 bits per heavy atom. The molecule has 0 aliphatic carbocycles. The van der Waals surface area contributed by atoms with E-state index in [9.17, 15) is 9.50 Å². The lowest BCUT2D eigenvalue weighted by Crippen LogP contribution is -2.26. The lowest BCUT2D eigenvalue weighted by molar-refractivity contribution is 0.117. The number of hydrogen-bond acceptors (Lipinski definition) is 6. The van der Waals surface area contributed by atoms with Gasteiger partial charge in [-0.25, -0.2) is 4.39 Å². The average Bonchev–Trinajstić information content (AvgIpc) is 3.05. The third kappa shape index (κ3) is 3.80. The van der Waals surface area contributed by atoms with E-state index in [1.54, 1.807) is 11.4 Å². The Kier molecular flexibility index (Phi) is 5.00. The number of aliphatic hydroxyl groups is 1. The molecule has 132 valence electrons. The molecule has 2 aromatic heterocycles. The van der Waals surface area contributed by atoms with Crippen LogP contribution in [-0.2, 0) is 0 Å². The zero-order chi connectivity index (χ0) is 18.0. The van der Waals surface area contributed by atoms with Gasteiger partial charge in [-0.1, -0.05) is 11.6 Å². The van der Waals surface area contributed by atoms with E-state index in [1.807, 2.05) is 13.0 Å². The van der Waals surface area contributed by atoms with Crippen molar-refractivity contribution in [2.75, 3.05) is 18.5 Å². The Morgan fingerprint density at radius 1 is 1.40 bits per heavy atom. The number of aryl methyl sites for hydroxylation is 1. The van der Waals surface area contributed by atoms with Crippen LogP contribution in [0.2, 0.25) is 5.02 Å². The molecule has 25 heavy (non-hydrogen) atoms. The fourth-order valence-corrected chi connectivity index (χ4v) is 2.51. The number of ether oxygens (including phenoxy) is 1. The molecule has 0 unspecified atom stereocenters. The summed E-state index contributed by atoms with van der Waals surface area (Å²) >= 11 is 6.04. The van der Waals surface area contributed by atoms with E-state index in [0.29, 0.717) is 22.6 Å². The van der Waals surface area contributed by atoms with Crippen molar-refractivity contribution in [1.29, 1.82) is 0 Å². The van der Waals surface area contributed by atoms with Crippen molar-refractivity contribution in [3.8, 4) is 5.75 Å². The first-order valence-corrected chi connectivity index (χ1v) is 8.00. The lowest BCUT2D eigenvalue weighted by atomic mass is 10.2. The third-order valence-electron chi connectivity index (χ3n) is 3.63. The van der Waals surface area contributed by atoms with Crippen molar-refractivity contribution in [2.45, 2.75) is 20.0 Å².